The Labute approximate surface area is 120 Å². The van der Waals surface area contributed by atoms with Gasteiger partial charge in [-0.15, -0.1) is 0 Å². The van der Waals surface area contributed by atoms with Gasteiger partial charge in [0.1, 0.15) is 17.9 Å². The van der Waals surface area contributed by atoms with E-state index in [0.717, 1.165) is 0 Å². The topological polar surface area (TPSA) is 83.9 Å². The maximum absolute atomic E-state index is 12.3. The second-order valence-electron chi connectivity index (χ2n) is 6.62. The van der Waals surface area contributed by atoms with Crippen molar-refractivity contribution in [2.75, 3.05) is 0 Å². The molecule has 1 N–H and O–H groups in total. The summed E-state index contributed by atoms with van der Waals surface area (Å²) in [6.07, 6.45) is 0.0939. The van der Waals surface area contributed by atoms with Crippen molar-refractivity contribution >= 4 is 18.3 Å². The van der Waals surface area contributed by atoms with Crippen molar-refractivity contribution in [2.24, 2.45) is 0 Å². The minimum absolute atomic E-state index is 0.0648. The van der Waals surface area contributed by atoms with Crippen molar-refractivity contribution in [2.45, 2.75) is 71.6 Å². The number of carboxylic acids is 1. The monoisotopic (exact) mass is 287 g/mol. The maximum Gasteiger partial charge on any atom is 0.411 e. The average Bonchev–Trinajstić information content (AvgIpc) is 2.18. The number of hydrogen-bond acceptors (Lipinski definition) is 4. The third-order valence-electron chi connectivity index (χ3n) is 2.47. The summed E-state index contributed by atoms with van der Waals surface area (Å²) < 4.78 is 5.27. The molecule has 1 amide bonds. The number of carbonyl (C=O) groups is 3. The summed E-state index contributed by atoms with van der Waals surface area (Å²) in [6.45, 7) is 10.3. The molecule has 0 saturated heterocycles. The second-order valence-corrected chi connectivity index (χ2v) is 6.62. The molecule has 0 radical (unpaired) electrons. The van der Waals surface area contributed by atoms with Crippen LogP contribution in [0, 0.1) is 0 Å². The van der Waals surface area contributed by atoms with Crippen LogP contribution in [0.3, 0.4) is 0 Å². The van der Waals surface area contributed by atoms with E-state index in [4.69, 9.17) is 4.74 Å². The van der Waals surface area contributed by atoms with Crippen LogP contribution in [0.5, 0.6) is 0 Å². The van der Waals surface area contributed by atoms with Gasteiger partial charge in [0.2, 0.25) is 0 Å². The van der Waals surface area contributed by atoms with E-state index in [1.165, 1.54) is 4.90 Å². The molecule has 1 atom stereocenters. The van der Waals surface area contributed by atoms with Crippen LogP contribution < -0.4 is 0 Å². The van der Waals surface area contributed by atoms with Crippen LogP contribution in [0.25, 0.3) is 0 Å². The molecule has 0 bridgehead atoms. The van der Waals surface area contributed by atoms with Gasteiger partial charge in [0.25, 0.3) is 0 Å². The van der Waals surface area contributed by atoms with Crippen molar-refractivity contribution in [1.29, 1.82) is 0 Å². The van der Waals surface area contributed by atoms with E-state index in [0.29, 0.717) is 6.29 Å². The molecule has 20 heavy (non-hydrogen) atoms. The zero-order chi connectivity index (χ0) is 16.1. The van der Waals surface area contributed by atoms with Crippen LogP contribution >= 0.6 is 0 Å². The largest absolute Gasteiger partial charge is 0.480 e. The number of carboxylic acid groups (broad SMARTS) is 1. The summed E-state index contributed by atoms with van der Waals surface area (Å²) in [7, 11) is 0. The number of hydrogen-bond donors (Lipinski definition) is 1. The van der Waals surface area contributed by atoms with Crippen LogP contribution in [0.15, 0.2) is 0 Å². The first-order valence-corrected chi connectivity index (χ1v) is 6.59. The average molecular weight is 287 g/mol. The molecule has 0 heterocycles. The second kappa shape index (κ2) is 6.72. The van der Waals surface area contributed by atoms with E-state index in [1.807, 2.05) is 0 Å². The Morgan fingerprint density at radius 1 is 1.20 bits per heavy atom. The van der Waals surface area contributed by atoms with Crippen molar-refractivity contribution in [3.8, 4) is 0 Å². The number of nitrogens with zero attached hydrogens (tertiary/aromatic N) is 1. The lowest BCUT2D eigenvalue weighted by atomic mass is 10.0. The molecule has 0 aromatic rings. The summed E-state index contributed by atoms with van der Waals surface area (Å²) in [5.41, 5.74) is -1.44. The first kappa shape index (κ1) is 18.4. The van der Waals surface area contributed by atoms with Gasteiger partial charge in [-0.05, 0) is 48.0 Å². The molecule has 0 aromatic carbocycles. The van der Waals surface area contributed by atoms with Crippen LogP contribution in [0.2, 0.25) is 0 Å². The molecule has 0 spiro atoms. The highest BCUT2D eigenvalue weighted by molar-refractivity contribution is 5.81. The number of aldehydes is 1. The van der Waals surface area contributed by atoms with Gasteiger partial charge in [0.15, 0.2) is 0 Å². The van der Waals surface area contributed by atoms with Crippen LogP contribution in [-0.4, -0.2) is 45.5 Å². The Balaban J connectivity index is 5.36. The van der Waals surface area contributed by atoms with Gasteiger partial charge < -0.3 is 14.6 Å². The highest BCUT2D eigenvalue weighted by atomic mass is 16.6. The summed E-state index contributed by atoms with van der Waals surface area (Å²) in [5, 5.41) is 9.32. The van der Waals surface area contributed by atoms with Gasteiger partial charge in [-0.3, -0.25) is 4.90 Å². The lowest BCUT2D eigenvalue weighted by Crippen LogP contribution is -2.55. The molecule has 0 fully saturated rings. The van der Waals surface area contributed by atoms with E-state index >= 15 is 0 Å². The Bertz CT molecular complexity index is 365. The van der Waals surface area contributed by atoms with E-state index < -0.39 is 29.2 Å². The van der Waals surface area contributed by atoms with Crippen molar-refractivity contribution in [3.05, 3.63) is 0 Å². The zero-order valence-corrected chi connectivity index (χ0v) is 13.1. The van der Waals surface area contributed by atoms with Crippen molar-refractivity contribution in [3.63, 3.8) is 0 Å². The molecule has 0 aromatic heterocycles. The van der Waals surface area contributed by atoms with Crippen molar-refractivity contribution in [1.82, 2.24) is 4.90 Å². The fourth-order valence-electron chi connectivity index (χ4n) is 1.77. The van der Waals surface area contributed by atoms with Gasteiger partial charge in [-0.2, -0.15) is 0 Å². The van der Waals surface area contributed by atoms with Crippen LogP contribution in [-0.2, 0) is 14.3 Å². The standard InChI is InChI=1S/C14H25NO5/c1-13(2,3)15(12(19)20-14(4,5)6)10(11(17)18)8-7-9-16/h9-10H,7-8H2,1-6H3,(H,17,18)/t10-/m0/s1. The summed E-state index contributed by atoms with van der Waals surface area (Å²) in [4.78, 5) is 35.3. The quantitative estimate of drug-likeness (QED) is 0.785. The number of amides is 1. The Hall–Kier alpha value is -1.59. The molecule has 0 unspecified atom stereocenters. The minimum atomic E-state index is -1.15. The predicted molar refractivity (Wildman–Crippen MR) is 74.5 cm³/mol. The molecule has 0 saturated carbocycles. The van der Waals surface area contributed by atoms with E-state index in [1.54, 1.807) is 41.5 Å². The molecule has 0 rings (SSSR count). The van der Waals surface area contributed by atoms with Gasteiger partial charge in [-0.1, -0.05) is 0 Å². The summed E-state index contributed by atoms with van der Waals surface area (Å²) in [6, 6.07) is -1.09. The predicted octanol–water partition coefficient (Wildman–Crippen LogP) is 2.45. The van der Waals surface area contributed by atoms with E-state index in [9.17, 15) is 19.5 Å². The van der Waals surface area contributed by atoms with Gasteiger partial charge in [0, 0.05) is 12.0 Å². The lowest BCUT2D eigenvalue weighted by Gasteiger charge is -2.40. The third kappa shape index (κ3) is 6.04. The molecule has 0 aliphatic heterocycles. The Kier molecular flexibility index (Phi) is 6.19. The molecular formula is C14H25NO5. The van der Waals surface area contributed by atoms with Gasteiger partial charge in [-0.25, -0.2) is 9.59 Å². The highest BCUT2D eigenvalue weighted by Crippen LogP contribution is 2.23. The van der Waals surface area contributed by atoms with Crippen LogP contribution in [0.4, 0.5) is 4.79 Å². The maximum atomic E-state index is 12.3. The third-order valence-corrected chi connectivity index (χ3v) is 2.47. The first-order valence-electron chi connectivity index (χ1n) is 6.59. The fraction of sp³-hybridized carbons (Fsp3) is 0.786. The molecular weight excluding hydrogens is 262 g/mol. The molecule has 116 valence electrons. The van der Waals surface area contributed by atoms with Crippen molar-refractivity contribution < 1.29 is 24.2 Å². The lowest BCUT2D eigenvalue weighted by molar-refractivity contribution is -0.145. The SMILES string of the molecule is CC(C)(C)OC(=O)N([C@@H](CCC=O)C(=O)O)C(C)(C)C. The number of aliphatic carboxylic acids is 1. The zero-order valence-electron chi connectivity index (χ0n) is 13.1. The number of carbonyl (C=O) groups excluding carboxylic acids is 2. The Morgan fingerprint density at radius 3 is 2.00 bits per heavy atom. The minimum Gasteiger partial charge on any atom is -0.480 e. The summed E-state index contributed by atoms with van der Waals surface area (Å²) in [5.74, 6) is -1.15. The van der Waals surface area contributed by atoms with E-state index in [-0.39, 0.29) is 12.8 Å². The molecule has 6 nitrogen and oxygen atoms in total. The number of ether oxygens (including phenoxy) is 1. The fourth-order valence-corrected chi connectivity index (χ4v) is 1.77. The smallest absolute Gasteiger partial charge is 0.411 e. The first-order chi connectivity index (χ1) is 8.90. The van der Waals surface area contributed by atoms with Gasteiger partial charge in [0.05, 0.1) is 0 Å². The molecule has 6 heteroatoms. The number of rotatable bonds is 5. The van der Waals surface area contributed by atoms with Crippen LogP contribution in [0.1, 0.15) is 54.4 Å². The Morgan fingerprint density at radius 2 is 1.70 bits per heavy atom. The molecule has 0 aliphatic carbocycles. The van der Waals surface area contributed by atoms with E-state index in [2.05, 4.69) is 0 Å². The highest BCUT2D eigenvalue weighted by Gasteiger charge is 2.39. The molecule has 0 aliphatic rings. The summed E-state index contributed by atoms with van der Waals surface area (Å²) >= 11 is 0. The van der Waals surface area contributed by atoms with Gasteiger partial charge >= 0.3 is 12.1 Å². The normalized spacial score (nSPS) is 13.5.